The van der Waals surface area contributed by atoms with Gasteiger partial charge in [0, 0.05) is 24.7 Å². The number of nitrogens with zero attached hydrogens (tertiary/aromatic N) is 1. The van der Waals surface area contributed by atoms with Crippen molar-refractivity contribution in [3.05, 3.63) is 35.9 Å². The Balaban J connectivity index is 2.01. The van der Waals surface area contributed by atoms with E-state index in [-0.39, 0.29) is 6.42 Å². The van der Waals surface area contributed by atoms with E-state index in [0.29, 0.717) is 12.6 Å². The summed E-state index contributed by atoms with van der Waals surface area (Å²) in [6.07, 6.45) is 0.786. The number of nitrogens with two attached hydrogens (primary N) is 1. The molecule has 1 saturated heterocycles. The van der Waals surface area contributed by atoms with E-state index in [1.165, 1.54) is 5.56 Å². The SMILES string of the molecule is CC1CC(N)(CC(=O)O)CN1Cc1ccccc1. The highest BCUT2D eigenvalue weighted by molar-refractivity contribution is 5.68. The summed E-state index contributed by atoms with van der Waals surface area (Å²) in [6, 6.07) is 10.5. The highest BCUT2D eigenvalue weighted by Crippen LogP contribution is 2.29. The highest BCUT2D eigenvalue weighted by atomic mass is 16.4. The van der Waals surface area contributed by atoms with Gasteiger partial charge in [-0.2, -0.15) is 0 Å². The van der Waals surface area contributed by atoms with Crippen LogP contribution in [0.2, 0.25) is 0 Å². The lowest BCUT2D eigenvalue weighted by Gasteiger charge is -2.23. The molecule has 0 aliphatic carbocycles. The van der Waals surface area contributed by atoms with Crippen molar-refractivity contribution < 1.29 is 9.90 Å². The molecule has 0 radical (unpaired) electrons. The van der Waals surface area contributed by atoms with Gasteiger partial charge < -0.3 is 10.8 Å². The first-order chi connectivity index (χ1) is 8.48. The van der Waals surface area contributed by atoms with Gasteiger partial charge in [0.05, 0.1) is 6.42 Å². The predicted octanol–water partition coefficient (Wildman–Crippen LogP) is 1.45. The van der Waals surface area contributed by atoms with E-state index >= 15 is 0 Å². The van der Waals surface area contributed by atoms with Gasteiger partial charge in [-0.3, -0.25) is 9.69 Å². The standard InChI is InChI=1S/C14H20N2O2/c1-11-7-14(15,8-13(17)18)10-16(11)9-12-5-3-2-4-6-12/h2-6,11H,7-10,15H2,1H3,(H,17,18). The van der Waals surface area contributed by atoms with Gasteiger partial charge in [-0.1, -0.05) is 30.3 Å². The van der Waals surface area contributed by atoms with Crippen LogP contribution in [0.1, 0.15) is 25.3 Å². The fraction of sp³-hybridized carbons (Fsp3) is 0.500. The summed E-state index contributed by atoms with van der Waals surface area (Å²) >= 11 is 0. The van der Waals surface area contributed by atoms with Crippen LogP contribution >= 0.6 is 0 Å². The summed E-state index contributed by atoms with van der Waals surface area (Å²) in [5.41, 5.74) is 6.83. The smallest absolute Gasteiger partial charge is 0.305 e. The third kappa shape index (κ3) is 3.09. The van der Waals surface area contributed by atoms with Crippen LogP contribution in [0.25, 0.3) is 0 Å². The van der Waals surface area contributed by atoms with Crippen molar-refractivity contribution in [3.8, 4) is 0 Å². The first kappa shape index (κ1) is 13.1. The van der Waals surface area contributed by atoms with Crippen molar-refractivity contribution in [3.63, 3.8) is 0 Å². The number of carbonyl (C=O) groups is 1. The predicted molar refractivity (Wildman–Crippen MR) is 70.1 cm³/mol. The molecule has 1 aliphatic rings. The molecule has 0 amide bonds. The molecular weight excluding hydrogens is 228 g/mol. The number of hydrogen-bond acceptors (Lipinski definition) is 3. The number of rotatable bonds is 4. The zero-order valence-corrected chi connectivity index (χ0v) is 10.7. The molecule has 1 aromatic carbocycles. The zero-order valence-electron chi connectivity index (χ0n) is 10.7. The molecule has 98 valence electrons. The topological polar surface area (TPSA) is 66.6 Å². The number of carboxylic acid groups (broad SMARTS) is 1. The van der Waals surface area contributed by atoms with Gasteiger partial charge >= 0.3 is 5.97 Å². The van der Waals surface area contributed by atoms with Gasteiger partial charge in [0.25, 0.3) is 0 Å². The molecule has 0 spiro atoms. The molecule has 0 aromatic heterocycles. The average Bonchev–Trinajstić information content (AvgIpc) is 2.53. The van der Waals surface area contributed by atoms with Crippen LogP contribution < -0.4 is 5.73 Å². The summed E-state index contributed by atoms with van der Waals surface area (Å²) < 4.78 is 0. The second-order valence-electron chi connectivity index (χ2n) is 5.38. The number of carboxylic acids is 1. The van der Waals surface area contributed by atoms with Crippen LogP contribution in [-0.2, 0) is 11.3 Å². The molecule has 2 atom stereocenters. The van der Waals surface area contributed by atoms with Gasteiger partial charge in [0.2, 0.25) is 0 Å². The van der Waals surface area contributed by atoms with Gasteiger partial charge in [0.15, 0.2) is 0 Å². The Morgan fingerprint density at radius 1 is 1.50 bits per heavy atom. The molecule has 18 heavy (non-hydrogen) atoms. The fourth-order valence-corrected chi connectivity index (χ4v) is 2.80. The molecule has 0 saturated carbocycles. The van der Waals surface area contributed by atoms with Crippen molar-refractivity contribution in [2.24, 2.45) is 5.73 Å². The minimum atomic E-state index is -0.814. The van der Waals surface area contributed by atoms with E-state index in [2.05, 4.69) is 24.0 Å². The van der Waals surface area contributed by atoms with Gasteiger partial charge in [-0.05, 0) is 18.9 Å². The van der Waals surface area contributed by atoms with Crippen molar-refractivity contribution in [2.75, 3.05) is 6.54 Å². The fourth-order valence-electron chi connectivity index (χ4n) is 2.80. The third-order valence-electron chi connectivity index (χ3n) is 3.58. The maximum atomic E-state index is 10.8. The molecule has 4 nitrogen and oxygen atoms in total. The maximum Gasteiger partial charge on any atom is 0.305 e. The van der Waals surface area contributed by atoms with Crippen molar-refractivity contribution >= 4 is 5.97 Å². The third-order valence-corrected chi connectivity index (χ3v) is 3.58. The highest BCUT2D eigenvalue weighted by Gasteiger charge is 2.40. The number of hydrogen-bond donors (Lipinski definition) is 2. The second-order valence-corrected chi connectivity index (χ2v) is 5.38. The number of benzene rings is 1. The Morgan fingerprint density at radius 2 is 2.17 bits per heavy atom. The summed E-state index contributed by atoms with van der Waals surface area (Å²) in [4.78, 5) is 13.1. The van der Waals surface area contributed by atoms with E-state index in [1.807, 2.05) is 18.2 Å². The van der Waals surface area contributed by atoms with Crippen molar-refractivity contribution in [2.45, 2.75) is 37.9 Å². The van der Waals surface area contributed by atoms with E-state index in [9.17, 15) is 4.79 Å². The average molecular weight is 248 g/mol. The van der Waals surface area contributed by atoms with Crippen LogP contribution in [0, 0.1) is 0 Å². The number of aliphatic carboxylic acids is 1. The Bertz CT molecular complexity index is 421. The summed E-state index contributed by atoms with van der Waals surface area (Å²) in [6.45, 7) is 3.59. The first-order valence-electron chi connectivity index (χ1n) is 6.27. The van der Waals surface area contributed by atoms with Crippen LogP contribution in [0.15, 0.2) is 30.3 Å². The maximum absolute atomic E-state index is 10.8. The minimum Gasteiger partial charge on any atom is -0.481 e. The van der Waals surface area contributed by atoms with E-state index in [0.717, 1.165) is 13.0 Å². The van der Waals surface area contributed by atoms with Gasteiger partial charge in [-0.25, -0.2) is 0 Å². The van der Waals surface area contributed by atoms with Gasteiger partial charge in [0.1, 0.15) is 0 Å². The lowest BCUT2D eigenvalue weighted by Crippen LogP contribution is -2.44. The Morgan fingerprint density at radius 3 is 2.78 bits per heavy atom. The quantitative estimate of drug-likeness (QED) is 0.846. The molecular formula is C14H20N2O2. The normalized spacial score (nSPS) is 28.4. The van der Waals surface area contributed by atoms with Crippen LogP contribution in [0.4, 0.5) is 0 Å². The van der Waals surface area contributed by atoms with Crippen LogP contribution in [0.5, 0.6) is 0 Å². The molecule has 2 rings (SSSR count). The van der Waals surface area contributed by atoms with Crippen molar-refractivity contribution in [1.82, 2.24) is 4.90 Å². The number of likely N-dealkylation sites (tertiary alicyclic amines) is 1. The summed E-state index contributed by atoms with van der Waals surface area (Å²) in [5, 5.41) is 8.90. The largest absolute Gasteiger partial charge is 0.481 e. The van der Waals surface area contributed by atoms with Crippen LogP contribution in [-0.4, -0.2) is 34.1 Å². The van der Waals surface area contributed by atoms with E-state index in [1.54, 1.807) is 0 Å². The summed E-state index contributed by atoms with van der Waals surface area (Å²) in [5.74, 6) is -0.814. The van der Waals surface area contributed by atoms with E-state index in [4.69, 9.17) is 10.8 Å². The Kier molecular flexibility index (Phi) is 3.68. The van der Waals surface area contributed by atoms with Gasteiger partial charge in [-0.15, -0.1) is 0 Å². The lowest BCUT2D eigenvalue weighted by molar-refractivity contribution is -0.138. The minimum absolute atomic E-state index is 0.0443. The second kappa shape index (κ2) is 5.08. The van der Waals surface area contributed by atoms with Crippen LogP contribution in [0.3, 0.4) is 0 Å². The Hall–Kier alpha value is -1.39. The molecule has 4 heteroatoms. The molecule has 0 bridgehead atoms. The Labute approximate surface area is 107 Å². The first-order valence-corrected chi connectivity index (χ1v) is 6.27. The molecule has 1 fully saturated rings. The monoisotopic (exact) mass is 248 g/mol. The molecule has 1 aliphatic heterocycles. The molecule has 3 N–H and O–H groups in total. The molecule has 2 unspecified atom stereocenters. The lowest BCUT2D eigenvalue weighted by atomic mass is 9.94. The molecule has 1 heterocycles. The summed E-state index contributed by atoms with van der Waals surface area (Å²) in [7, 11) is 0. The van der Waals surface area contributed by atoms with Crippen molar-refractivity contribution in [1.29, 1.82) is 0 Å². The van der Waals surface area contributed by atoms with E-state index < -0.39 is 11.5 Å². The molecule has 1 aromatic rings. The zero-order chi connectivity index (χ0) is 13.2.